The topological polar surface area (TPSA) is 0 Å². The highest BCUT2D eigenvalue weighted by molar-refractivity contribution is 4.81. The minimum Gasteiger partial charge on any atom is -0.0654 e. The molecule has 0 saturated heterocycles. The number of hydrogen-bond acceptors (Lipinski definition) is 0. The summed E-state index contributed by atoms with van der Waals surface area (Å²) in [6.07, 6.45) is 11.7. The molecule has 1 aliphatic rings. The summed E-state index contributed by atoms with van der Waals surface area (Å²) in [4.78, 5) is 0. The standard InChI is InChI=1S/C13H26/c1-4-5-8-11-13(2,3)12-9-6-7-10-12/h12H,4-11H2,1-3H3. The molecule has 0 spiro atoms. The van der Waals surface area contributed by atoms with Crippen LogP contribution < -0.4 is 0 Å². The molecule has 13 heavy (non-hydrogen) atoms. The lowest BCUT2D eigenvalue weighted by atomic mass is 9.74. The highest BCUT2D eigenvalue weighted by atomic mass is 14.4. The van der Waals surface area contributed by atoms with Gasteiger partial charge in [0.1, 0.15) is 0 Å². The van der Waals surface area contributed by atoms with Crippen LogP contribution in [0.3, 0.4) is 0 Å². The lowest BCUT2D eigenvalue weighted by Gasteiger charge is -2.31. The molecule has 0 heterocycles. The number of unbranched alkanes of at least 4 members (excludes halogenated alkanes) is 2. The van der Waals surface area contributed by atoms with Gasteiger partial charge in [-0.2, -0.15) is 0 Å². The van der Waals surface area contributed by atoms with Crippen LogP contribution in [-0.4, -0.2) is 0 Å². The maximum atomic E-state index is 2.48. The van der Waals surface area contributed by atoms with Crippen LogP contribution in [0.2, 0.25) is 0 Å². The van der Waals surface area contributed by atoms with E-state index in [1.807, 2.05) is 0 Å². The Kier molecular flexibility index (Phi) is 4.28. The third-order valence-corrected chi connectivity index (χ3v) is 3.89. The van der Waals surface area contributed by atoms with Gasteiger partial charge in [-0.1, -0.05) is 52.9 Å². The molecule has 1 fully saturated rings. The van der Waals surface area contributed by atoms with Crippen molar-refractivity contribution in [3.05, 3.63) is 0 Å². The summed E-state index contributed by atoms with van der Waals surface area (Å²) >= 11 is 0. The summed E-state index contributed by atoms with van der Waals surface area (Å²) < 4.78 is 0. The molecule has 0 N–H and O–H groups in total. The van der Waals surface area contributed by atoms with Crippen molar-refractivity contribution in [2.45, 2.75) is 72.1 Å². The average molecular weight is 182 g/mol. The van der Waals surface area contributed by atoms with Crippen LogP contribution in [0.5, 0.6) is 0 Å². The summed E-state index contributed by atoms with van der Waals surface area (Å²) in [6, 6.07) is 0. The first-order valence-corrected chi connectivity index (χ1v) is 6.17. The number of hydrogen-bond donors (Lipinski definition) is 0. The normalized spacial score (nSPS) is 19.6. The largest absolute Gasteiger partial charge is 0.0654 e. The van der Waals surface area contributed by atoms with Crippen LogP contribution in [0.15, 0.2) is 0 Å². The van der Waals surface area contributed by atoms with E-state index in [9.17, 15) is 0 Å². The van der Waals surface area contributed by atoms with E-state index in [1.54, 1.807) is 0 Å². The van der Waals surface area contributed by atoms with Gasteiger partial charge in [0.15, 0.2) is 0 Å². The molecule has 0 aromatic heterocycles. The van der Waals surface area contributed by atoms with E-state index in [0.717, 1.165) is 5.92 Å². The second-order valence-corrected chi connectivity index (χ2v) is 5.43. The number of rotatable bonds is 5. The highest BCUT2D eigenvalue weighted by Gasteiger charge is 2.30. The van der Waals surface area contributed by atoms with Gasteiger partial charge in [0.05, 0.1) is 0 Å². The Labute approximate surface area is 84.1 Å². The molecule has 0 unspecified atom stereocenters. The summed E-state index contributed by atoms with van der Waals surface area (Å²) in [5.74, 6) is 1.03. The molecular formula is C13H26. The van der Waals surface area contributed by atoms with Gasteiger partial charge in [-0.25, -0.2) is 0 Å². The van der Waals surface area contributed by atoms with Crippen LogP contribution in [0.1, 0.15) is 72.1 Å². The van der Waals surface area contributed by atoms with E-state index < -0.39 is 0 Å². The molecule has 0 aromatic rings. The zero-order chi connectivity index (χ0) is 9.73. The smallest absolute Gasteiger partial charge is 0.0326 e. The van der Waals surface area contributed by atoms with Gasteiger partial charge in [-0.05, 0) is 30.6 Å². The second-order valence-electron chi connectivity index (χ2n) is 5.43. The van der Waals surface area contributed by atoms with Crippen LogP contribution in [-0.2, 0) is 0 Å². The Balaban J connectivity index is 2.26. The van der Waals surface area contributed by atoms with Crippen LogP contribution in [0.4, 0.5) is 0 Å². The molecule has 0 amide bonds. The molecule has 0 aliphatic heterocycles. The predicted molar refractivity (Wildman–Crippen MR) is 59.9 cm³/mol. The van der Waals surface area contributed by atoms with Crippen molar-refractivity contribution in [3.63, 3.8) is 0 Å². The molecule has 1 aliphatic carbocycles. The Morgan fingerprint density at radius 3 is 2.23 bits per heavy atom. The van der Waals surface area contributed by atoms with Gasteiger partial charge in [0, 0.05) is 0 Å². The van der Waals surface area contributed by atoms with E-state index in [4.69, 9.17) is 0 Å². The third-order valence-electron chi connectivity index (χ3n) is 3.89. The quantitative estimate of drug-likeness (QED) is 0.537. The Morgan fingerprint density at radius 1 is 1.08 bits per heavy atom. The minimum atomic E-state index is 0.631. The molecule has 0 radical (unpaired) electrons. The first-order chi connectivity index (χ1) is 6.17. The van der Waals surface area contributed by atoms with Crippen LogP contribution in [0, 0.1) is 11.3 Å². The van der Waals surface area contributed by atoms with Crippen molar-refractivity contribution in [1.82, 2.24) is 0 Å². The maximum Gasteiger partial charge on any atom is -0.0326 e. The monoisotopic (exact) mass is 182 g/mol. The molecular weight excluding hydrogens is 156 g/mol. The van der Waals surface area contributed by atoms with Gasteiger partial charge in [-0.15, -0.1) is 0 Å². The van der Waals surface area contributed by atoms with Crippen molar-refractivity contribution >= 4 is 0 Å². The van der Waals surface area contributed by atoms with Crippen LogP contribution >= 0.6 is 0 Å². The van der Waals surface area contributed by atoms with Gasteiger partial charge in [0.2, 0.25) is 0 Å². The lowest BCUT2D eigenvalue weighted by Crippen LogP contribution is -2.21. The Bertz CT molecular complexity index is 129. The SMILES string of the molecule is CCCCCC(C)(C)C1CCCC1. The van der Waals surface area contributed by atoms with Crippen molar-refractivity contribution in [2.75, 3.05) is 0 Å². The van der Waals surface area contributed by atoms with Gasteiger partial charge in [-0.3, -0.25) is 0 Å². The van der Waals surface area contributed by atoms with E-state index in [2.05, 4.69) is 20.8 Å². The van der Waals surface area contributed by atoms with E-state index in [-0.39, 0.29) is 0 Å². The average Bonchev–Trinajstić information content (AvgIpc) is 2.56. The molecule has 0 nitrogen and oxygen atoms in total. The fourth-order valence-corrected chi connectivity index (χ4v) is 2.74. The van der Waals surface area contributed by atoms with Crippen molar-refractivity contribution < 1.29 is 0 Å². The second kappa shape index (κ2) is 5.02. The van der Waals surface area contributed by atoms with Crippen molar-refractivity contribution in [3.8, 4) is 0 Å². The Hall–Kier alpha value is 0. The molecule has 0 bridgehead atoms. The maximum absolute atomic E-state index is 2.48. The zero-order valence-electron chi connectivity index (χ0n) is 9.73. The van der Waals surface area contributed by atoms with Crippen LogP contribution in [0.25, 0.3) is 0 Å². The zero-order valence-corrected chi connectivity index (χ0v) is 9.73. The fraction of sp³-hybridized carbons (Fsp3) is 1.00. The first-order valence-electron chi connectivity index (χ1n) is 6.17. The summed E-state index contributed by atoms with van der Waals surface area (Å²) in [7, 11) is 0. The van der Waals surface area contributed by atoms with Crippen molar-refractivity contribution in [1.29, 1.82) is 0 Å². The predicted octanol–water partition coefficient (Wildman–Crippen LogP) is 4.78. The molecule has 1 saturated carbocycles. The van der Waals surface area contributed by atoms with Gasteiger partial charge < -0.3 is 0 Å². The van der Waals surface area contributed by atoms with E-state index >= 15 is 0 Å². The summed E-state index contributed by atoms with van der Waals surface area (Å²) in [5, 5.41) is 0. The van der Waals surface area contributed by atoms with Crippen molar-refractivity contribution in [2.24, 2.45) is 11.3 Å². The van der Waals surface area contributed by atoms with Gasteiger partial charge in [0.25, 0.3) is 0 Å². The molecule has 0 aromatic carbocycles. The fourth-order valence-electron chi connectivity index (χ4n) is 2.74. The highest BCUT2D eigenvalue weighted by Crippen LogP contribution is 2.42. The molecule has 78 valence electrons. The summed E-state index contributed by atoms with van der Waals surface area (Å²) in [5.41, 5.74) is 0.631. The summed E-state index contributed by atoms with van der Waals surface area (Å²) in [6.45, 7) is 7.26. The lowest BCUT2D eigenvalue weighted by molar-refractivity contribution is 0.193. The molecule has 1 rings (SSSR count). The van der Waals surface area contributed by atoms with E-state index in [1.165, 1.54) is 51.4 Å². The molecule has 0 heteroatoms. The minimum absolute atomic E-state index is 0.631. The van der Waals surface area contributed by atoms with Gasteiger partial charge >= 0.3 is 0 Å². The van der Waals surface area contributed by atoms with E-state index in [0.29, 0.717) is 5.41 Å². The Morgan fingerprint density at radius 2 is 1.69 bits per heavy atom. The molecule has 0 atom stereocenters. The third kappa shape index (κ3) is 3.32. The first kappa shape index (κ1) is 11.1.